The molecule has 0 heterocycles. The van der Waals surface area contributed by atoms with E-state index in [0.29, 0.717) is 17.7 Å². The first-order valence-electron chi connectivity index (χ1n) is 8.47. The predicted molar refractivity (Wildman–Crippen MR) is 95.2 cm³/mol. The van der Waals surface area contributed by atoms with Crippen LogP contribution in [-0.2, 0) is 22.6 Å². The highest BCUT2D eigenvalue weighted by molar-refractivity contribution is 5.88. The second-order valence-corrected chi connectivity index (χ2v) is 5.99. The first-order valence-corrected chi connectivity index (χ1v) is 8.47. The third-order valence-electron chi connectivity index (χ3n) is 4.09. The zero-order valence-corrected chi connectivity index (χ0v) is 14.8. The van der Waals surface area contributed by atoms with Crippen molar-refractivity contribution in [1.29, 1.82) is 0 Å². The molecule has 4 nitrogen and oxygen atoms in total. The number of likely N-dealkylation sites (N-methyl/N-ethyl adjacent to an activating group) is 1. The Hall–Kier alpha value is -2.76. The minimum atomic E-state index is -0.762. The van der Waals surface area contributed by atoms with Gasteiger partial charge in [0.2, 0.25) is 11.8 Å². The molecule has 0 bridgehead atoms. The van der Waals surface area contributed by atoms with E-state index in [-0.39, 0.29) is 30.6 Å². The smallest absolute Gasteiger partial charge is 0.242 e. The van der Waals surface area contributed by atoms with Crippen LogP contribution in [0.25, 0.3) is 0 Å². The molecule has 2 aromatic carbocycles. The van der Waals surface area contributed by atoms with Gasteiger partial charge in [0, 0.05) is 18.7 Å². The van der Waals surface area contributed by atoms with Crippen LogP contribution in [0.2, 0.25) is 0 Å². The van der Waals surface area contributed by atoms with Gasteiger partial charge in [0.25, 0.3) is 0 Å². The van der Waals surface area contributed by atoms with Crippen molar-refractivity contribution < 1.29 is 18.4 Å². The van der Waals surface area contributed by atoms with Crippen LogP contribution in [0.3, 0.4) is 0 Å². The second kappa shape index (κ2) is 9.08. The lowest BCUT2D eigenvalue weighted by molar-refractivity contribution is -0.140. The summed E-state index contributed by atoms with van der Waals surface area (Å²) in [6.45, 7) is 3.80. The van der Waals surface area contributed by atoms with Crippen LogP contribution < -0.4 is 5.32 Å². The minimum absolute atomic E-state index is 0.00151. The monoisotopic (exact) mass is 360 g/mol. The molecule has 1 atom stereocenters. The van der Waals surface area contributed by atoms with Gasteiger partial charge >= 0.3 is 0 Å². The Labute approximate surface area is 151 Å². The Morgan fingerprint density at radius 1 is 1.08 bits per heavy atom. The minimum Gasteiger partial charge on any atom is -0.355 e. The van der Waals surface area contributed by atoms with Gasteiger partial charge in [-0.1, -0.05) is 30.3 Å². The Balaban J connectivity index is 2.23. The van der Waals surface area contributed by atoms with Crippen LogP contribution in [0.5, 0.6) is 0 Å². The maximum Gasteiger partial charge on any atom is 0.242 e. The number of rotatable bonds is 7. The third kappa shape index (κ3) is 5.12. The number of benzene rings is 2. The molecule has 0 fully saturated rings. The highest BCUT2D eigenvalue weighted by Gasteiger charge is 2.26. The molecule has 0 unspecified atom stereocenters. The van der Waals surface area contributed by atoms with Gasteiger partial charge in [0.15, 0.2) is 0 Å². The van der Waals surface area contributed by atoms with Crippen LogP contribution in [0.1, 0.15) is 25.0 Å². The normalized spacial score (nSPS) is 11.7. The summed E-state index contributed by atoms with van der Waals surface area (Å²) < 4.78 is 27.1. The molecule has 0 aliphatic heterocycles. The molecule has 0 saturated carbocycles. The van der Waals surface area contributed by atoms with E-state index in [1.807, 2.05) is 0 Å². The molecule has 2 rings (SSSR count). The first-order chi connectivity index (χ1) is 12.4. The molecule has 0 aliphatic carbocycles. The van der Waals surface area contributed by atoms with Gasteiger partial charge in [-0.05, 0) is 37.6 Å². The van der Waals surface area contributed by atoms with Crippen molar-refractivity contribution in [2.75, 3.05) is 6.54 Å². The van der Waals surface area contributed by atoms with E-state index in [4.69, 9.17) is 0 Å². The summed E-state index contributed by atoms with van der Waals surface area (Å²) in [7, 11) is 0. The molecule has 1 N–H and O–H groups in total. The van der Waals surface area contributed by atoms with Gasteiger partial charge < -0.3 is 10.2 Å². The fourth-order valence-electron chi connectivity index (χ4n) is 2.59. The summed E-state index contributed by atoms with van der Waals surface area (Å²) in [6.07, 6.45) is -0.00151. The van der Waals surface area contributed by atoms with E-state index in [1.54, 1.807) is 32.0 Å². The third-order valence-corrected chi connectivity index (χ3v) is 4.09. The standard InChI is InChI=1S/C20H22F2N2O2/c1-3-23-20(26)14(2)24(13-16-6-4-5-7-18(16)22)19(25)12-15-8-10-17(21)11-9-15/h4-11,14H,3,12-13H2,1-2H3,(H,23,26)/t14-/m0/s1. The molecule has 2 amide bonds. The van der Waals surface area contributed by atoms with Crippen LogP contribution in [0.15, 0.2) is 48.5 Å². The van der Waals surface area contributed by atoms with Crippen molar-refractivity contribution in [3.05, 3.63) is 71.3 Å². The van der Waals surface area contributed by atoms with E-state index in [9.17, 15) is 18.4 Å². The SMILES string of the molecule is CCNC(=O)[C@H](C)N(Cc1ccccc1F)C(=O)Cc1ccc(F)cc1. The number of hydrogen-bond acceptors (Lipinski definition) is 2. The summed E-state index contributed by atoms with van der Waals surface area (Å²) in [6, 6.07) is 11.0. The summed E-state index contributed by atoms with van der Waals surface area (Å²) in [4.78, 5) is 26.3. The van der Waals surface area contributed by atoms with Crippen molar-refractivity contribution in [3.8, 4) is 0 Å². The fourth-order valence-corrected chi connectivity index (χ4v) is 2.59. The molecule has 0 radical (unpaired) electrons. The lowest BCUT2D eigenvalue weighted by Gasteiger charge is -2.29. The highest BCUT2D eigenvalue weighted by atomic mass is 19.1. The lowest BCUT2D eigenvalue weighted by atomic mass is 10.1. The molecule has 0 aliphatic rings. The quantitative estimate of drug-likeness (QED) is 0.825. The van der Waals surface area contributed by atoms with Gasteiger partial charge in [-0.15, -0.1) is 0 Å². The van der Waals surface area contributed by atoms with Crippen molar-refractivity contribution in [3.63, 3.8) is 0 Å². The summed E-state index contributed by atoms with van der Waals surface area (Å²) in [5, 5.41) is 2.68. The number of carbonyl (C=O) groups is 2. The van der Waals surface area contributed by atoms with Crippen LogP contribution in [0, 0.1) is 11.6 Å². The predicted octanol–water partition coefficient (Wildman–Crippen LogP) is 3.06. The Morgan fingerprint density at radius 3 is 2.35 bits per heavy atom. The maximum atomic E-state index is 14.0. The molecule has 0 spiro atoms. The van der Waals surface area contributed by atoms with Gasteiger partial charge in [-0.25, -0.2) is 8.78 Å². The van der Waals surface area contributed by atoms with Crippen molar-refractivity contribution in [2.24, 2.45) is 0 Å². The van der Waals surface area contributed by atoms with E-state index in [0.717, 1.165) is 0 Å². The van der Waals surface area contributed by atoms with Crippen molar-refractivity contribution in [2.45, 2.75) is 32.9 Å². The number of carbonyl (C=O) groups excluding carboxylic acids is 2. The second-order valence-electron chi connectivity index (χ2n) is 5.99. The molecule has 26 heavy (non-hydrogen) atoms. The van der Waals surface area contributed by atoms with Gasteiger partial charge in [0.1, 0.15) is 17.7 Å². The topological polar surface area (TPSA) is 49.4 Å². The lowest BCUT2D eigenvalue weighted by Crippen LogP contribution is -2.48. The Kier molecular flexibility index (Phi) is 6.83. The average Bonchev–Trinajstić information content (AvgIpc) is 2.62. The van der Waals surface area contributed by atoms with E-state index in [2.05, 4.69) is 5.32 Å². The number of nitrogens with one attached hydrogen (secondary N) is 1. The van der Waals surface area contributed by atoms with Crippen LogP contribution in [0.4, 0.5) is 8.78 Å². The number of nitrogens with zero attached hydrogens (tertiary/aromatic N) is 1. The summed E-state index contributed by atoms with van der Waals surface area (Å²) in [5.74, 6) is -1.47. The molecule has 0 aromatic heterocycles. The molecular formula is C20H22F2N2O2. The average molecular weight is 360 g/mol. The molecule has 2 aromatic rings. The first kappa shape index (κ1) is 19.6. The van der Waals surface area contributed by atoms with Crippen LogP contribution in [-0.4, -0.2) is 29.3 Å². The number of amides is 2. The Morgan fingerprint density at radius 2 is 1.73 bits per heavy atom. The highest BCUT2D eigenvalue weighted by Crippen LogP contribution is 2.15. The van der Waals surface area contributed by atoms with Crippen molar-refractivity contribution >= 4 is 11.8 Å². The number of hydrogen-bond donors (Lipinski definition) is 1. The molecule has 138 valence electrons. The fraction of sp³-hybridized carbons (Fsp3) is 0.300. The molecular weight excluding hydrogens is 338 g/mol. The van der Waals surface area contributed by atoms with Gasteiger partial charge in [-0.3, -0.25) is 9.59 Å². The van der Waals surface area contributed by atoms with Crippen molar-refractivity contribution in [1.82, 2.24) is 10.2 Å². The Bertz CT molecular complexity index is 763. The largest absolute Gasteiger partial charge is 0.355 e. The van der Waals surface area contributed by atoms with Gasteiger partial charge in [-0.2, -0.15) is 0 Å². The zero-order chi connectivity index (χ0) is 19.1. The molecule has 6 heteroatoms. The maximum absolute atomic E-state index is 14.0. The number of halogens is 2. The van der Waals surface area contributed by atoms with Crippen LogP contribution >= 0.6 is 0 Å². The van der Waals surface area contributed by atoms with Gasteiger partial charge in [0.05, 0.1) is 6.42 Å². The van der Waals surface area contributed by atoms with E-state index >= 15 is 0 Å². The van der Waals surface area contributed by atoms with E-state index in [1.165, 1.54) is 35.2 Å². The summed E-state index contributed by atoms with van der Waals surface area (Å²) >= 11 is 0. The molecule has 0 saturated heterocycles. The summed E-state index contributed by atoms with van der Waals surface area (Å²) in [5.41, 5.74) is 0.953. The van der Waals surface area contributed by atoms with E-state index < -0.39 is 11.9 Å². The zero-order valence-electron chi connectivity index (χ0n) is 14.8.